The molecule has 4 heteroatoms. The van der Waals surface area contributed by atoms with Crippen LogP contribution in [0.25, 0.3) is 0 Å². The van der Waals surface area contributed by atoms with Gasteiger partial charge in [0.05, 0.1) is 5.97 Å². The molecule has 0 fully saturated rings. The predicted molar refractivity (Wildman–Crippen MR) is 135 cm³/mol. The van der Waals surface area contributed by atoms with Crippen molar-refractivity contribution in [3.8, 4) is 0 Å². The Bertz CT molecular complexity index is 321. The molecule has 174 valence electrons. The number of unbranched alkanes of at least 4 members (excludes halogenated alkanes) is 17. The van der Waals surface area contributed by atoms with Crippen LogP contribution >= 0.6 is 12.6 Å². The average molecular weight is 535 g/mol. The van der Waals surface area contributed by atoms with Crippen LogP contribution in [-0.4, -0.2) is 31.0 Å². The van der Waals surface area contributed by atoms with Crippen molar-refractivity contribution in [2.75, 3.05) is 0 Å². The second-order valence-electron chi connectivity index (χ2n) is 9.13. The molecule has 0 aromatic rings. The van der Waals surface area contributed by atoms with Gasteiger partial charge in [-0.15, -0.1) is 0 Å². The van der Waals surface area contributed by atoms with E-state index in [0.717, 1.165) is 12.8 Å². The fraction of sp³-hybridized carbons (Fsp3) is 0.960. The van der Waals surface area contributed by atoms with Gasteiger partial charge in [0.1, 0.15) is 0 Å². The molecule has 1 atom stereocenters. The molecule has 0 spiro atoms. The van der Waals surface area contributed by atoms with Gasteiger partial charge in [-0.3, -0.25) is 0 Å². The third kappa shape index (κ3) is 33.5. The Morgan fingerprint density at radius 3 is 1.14 bits per heavy atom. The van der Waals surface area contributed by atoms with E-state index >= 15 is 0 Å². The van der Waals surface area contributed by atoms with Gasteiger partial charge in [-0.25, -0.2) is 0 Å². The maximum atomic E-state index is 10.5. The zero-order valence-electron chi connectivity index (χ0n) is 20.3. The molecule has 0 aromatic heterocycles. The Kier molecular flexibility index (Phi) is 29.2. The van der Waals surface area contributed by atoms with Gasteiger partial charge in [0.2, 0.25) is 0 Å². The minimum atomic E-state index is -1.03. The topological polar surface area (TPSA) is 40.1 Å². The molecule has 0 amide bonds. The van der Waals surface area contributed by atoms with Gasteiger partial charge >= 0.3 is 34.6 Å². The van der Waals surface area contributed by atoms with Crippen molar-refractivity contribution in [2.24, 2.45) is 0 Å². The second-order valence-corrected chi connectivity index (χ2v) is 18.3. The molecule has 0 aliphatic rings. The first-order valence-electron chi connectivity index (χ1n) is 12.6. The van der Waals surface area contributed by atoms with E-state index in [1.165, 1.54) is 103 Å². The number of carboxylic acid groups (broad SMARTS) is 1. The van der Waals surface area contributed by atoms with Crippen molar-refractivity contribution in [2.45, 2.75) is 149 Å². The summed E-state index contributed by atoms with van der Waals surface area (Å²) in [6, 6.07) is 0. The van der Waals surface area contributed by atoms with E-state index in [-0.39, 0.29) is 0 Å². The summed E-state index contributed by atoms with van der Waals surface area (Å²) in [5.74, 6) is -1.03. The van der Waals surface area contributed by atoms with E-state index in [1.54, 1.807) is 0 Å². The molecule has 0 rings (SSSR count). The number of aliphatic carboxylic acids is 1. The first-order chi connectivity index (χ1) is 13.9. The first-order valence-corrected chi connectivity index (χ1v) is 21.6. The molecular formula is C25H52O2SSn. The summed E-state index contributed by atoms with van der Waals surface area (Å²) in [6.07, 6.45) is 25.0. The zero-order valence-corrected chi connectivity index (χ0v) is 24.0. The summed E-state index contributed by atoms with van der Waals surface area (Å²) in [5.41, 5.74) is 0. The number of carbonyl (C=O) groups is 1. The summed E-state index contributed by atoms with van der Waals surface area (Å²) in [6.45, 7) is 2.28. The molecule has 0 aliphatic carbocycles. The van der Waals surface area contributed by atoms with Gasteiger partial charge in [0, 0.05) is 5.25 Å². The SMILES string of the molecule is CCCCCCCCCCCCCCCCCCCCC(S)C(=O)[O-].[CH3][Sn+]([CH3])[CH3]. The summed E-state index contributed by atoms with van der Waals surface area (Å²) in [7, 11) is 0. The van der Waals surface area contributed by atoms with Crippen molar-refractivity contribution in [1.82, 2.24) is 0 Å². The van der Waals surface area contributed by atoms with E-state index in [2.05, 4.69) is 34.4 Å². The van der Waals surface area contributed by atoms with Crippen LogP contribution in [0.4, 0.5) is 0 Å². The van der Waals surface area contributed by atoms with Crippen LogP contribution in [0.1, 0.15) is 129 Å². The Labute approximate surface area is 196 Å². The van der Waals surface area contributed by atoms with Crippen LogP contribution in [0.15, 0.2) is 0 Å². The van der Waals surface area contributed by atoms with Crippen LogP contribution in [-0.2, 0) is 4.79 Å². The molecule has 2 nitrogen and oxygen atoms in total. The van der Waals surface area contributed by atoms with Crippen molar-refractivity contribution < 1.29 is 9.90 Å². The van der Waals surface area contributed by atoms with Crippen molar-refractivity contribution in [3.05, 3.63) is 0 Å². The van der Waals surface area contributed by atoms with Crippen LogP contribution in [0, 0.1) is 0 Å². The quantitative estimate of drug-likeness (QED) is 0.0981. The van der Waals surface area contributed by atoms with Crippen LogP contribution in [0.5, 0.6) is 0 Å². The summed E-state index contributed by atoms with van der Waals surface area (Å²) >= 11 is 3.45. The Balaban J connectivity index is 0. The molecule has 0 radical (unpaired) electrons. The fourth-order valence-electron chi connectivity index (χ4n) is 3.36. The molecule has 0 saturated heterocycles. The number of thiol groups is 1. The van der Waals surface area contributed by atoms with Gasteiger partial charge in [-0.2, -0.15) is 12.6 Å². The minimum absolute atomic E-state index is 0.543. The Morgan fingerprint density at radius 2 is 0.897 bits per heavy atom. The molecular weight excluding hydrogens is 483 g/mol. The number of carbonyl (C=O) groups excluding carboxylic acids is 1. The zero-order chi connectivity index (χ0) is 22.2. The number of hydrogen-bond donors (Lipinski definition) is 1. The van der Waals surface area contributed by atoms with Crippen LogP contribution in [0.3, 0.4) is 0 Å². The number of carboxylic acids is 1. The summed E-state index contributed by atoms with van der Waals surface area (Å²) < 4.78 is 0. The maximum absolute atomic E-state index is 10.5. The van der Waals surface area contributed by atoms with Crippen molar-refractivity contribution in [3.63, 3.8) is 0 Å². The molecule has 1 unspecified atom stereocenters. The van der Waals surface area contributed by atoms with Crippen LogP contribution < -0.4 is 5.11 Å². The number of hydrogen-bond acceptors (Lipinski definition) is 3. The monoisotopic (exact) mass is 536 g/mol. The molecule has 0 bridgehead atoms. The predicted octanol–water partition coefficient (Wildman–Crippen LogP) is 7.84. The molecule has 29 heavy (non-hydrogen) atoms. The van der Waals surface area contributed by atoms with E-state index in [4.69, 9.17) is 0 Å². The third-order valence-corrected chi connectivity index (χ3v) is 5.57. The van der Waals surface area contributed by atoms with Crippen molar-refractivity contribution >= 4 is 38.4 Å². The molecule has 0 saturated carbocycles. The Morgan fingerprint density at radius 1 is 0.655 bits per heavy atom. The van der Waals surface area contributed by atoms with Gasteiger partial charge in [-0.05, 0) is 6.42 Å². The van der Waals surface area contributed by atoms with E-state index in [0.29, 0.717) is 6.42 Å². The fourth-order valence-corrected chi connectivity index (χ4v) is 3.54. The van der Waals surface area contributed by atoms with Crippen molar-refractivity contribution in [1.29, 1.82) is 0 Å². The second kappa shape index (κ2) is 26.7. The molecule has 0 N–H and O–H groups in total. The third-order valence-electron chi connectivity index (χ3n) is 5.10. The van der Waals surface area contributed by atoms with E-state index < -0.39 is 31.0 Å². The van der Waals surface area contributed by atoms with Gasteiger partial charge < -0.3 is 9.90 Å². The summed E-state index contributed by atoms with van der Waals surface area (Å²) in [4.78, 5) is 17.6. The normalized spacial score (nSPS) is 11.6. The number of rotatable bonds is 20. The van der Waals surface area contributed by atoms with Crippen LogP contribution in [0.2, 0.25) is 14.8 Å². The van der Waals surface area contributed by atoms with Gasteiger partial charge in [0.25, 0.3) is 0 Å². The molecule has 0 aliphatic heterocycles. The standard InChI is InChI=1S/C22H44O2S.3CH3.Sn/c1-2-3-4-5-6-7-8-9-10-11-12-13-14-15-16-17-18-19-20-21(25)22(23)24;;;;/h21,25H,2-20H2,1H3,(H,23,24);3*1H3;/q;;;;+1/p-1. The van der Waals surface area contributed by atoms with Gasteiger partial charge in [-0.1, -0.05) is 122 Å². The van der Waals surface area contributed by atoms with Gasteiger partial charge in [0.15, 0.2) is 0 Å². The van der Waals surface area contributed by atoms with E-state index in [1.807, 2.05) is 0 Å². The van der Waals surface area contributed by atoms with E-state index in [9.17, 15) is 9.90 Å². The molecule has 0 aromatic carbocycles. The average Bonchev–Trinajstić information content (AvgIpc) is 2.66. The molecule has 0 heterocycles. The Hall–Kier alpha value is 0.619. The first kappa shape index (κ1) is 31.8. The summed E-state index contributed by atoms with van der Waals surface area (Å²) in [5, 5.41) is 9.94.